The summed E-state index contributed by atoms with van der Waals surface area (Å²) in [5.74, 6) is 0.201. The van der Waals surface area contributed by atoms with E-state index in [0.29, 0.717) is 6.42 Å². The lowest BCUT2D eigenvalue weighted by Gasteiger charge is -2.27. The lowest BCUT2D eigenvalue weighted by atomic mass is 10.0. The molecule has 0 bridgehead atoms. The van der Waals surface area contributed by atoms with Crippen LogP contribution in [0, 0.1) is 0 Å². The Morgan fingerprint density at radius 2 is 1.47 bits per heavy atom. The van der Waals surface area contributed by atoms with Gasteiger partial charge in [-0.3, -0.25) is 9.78 Å². The molecule has 3 heteroatoms. The highest BCUT2D eigenvalue weighted by Crippen LogP contribution is 2.36. The monoisotopic (exact) mass is 424 g/mol. The van der Waals surface area contributed by atoms with Crippen LogP contribution in [0.4, 0.5) is 11.4 Å². The first kappa shape index (κ1) is 22.0. The van der Waals surface area contributed by atoms with Gasteiger partial charge in [0.1, 0.15) is 0 Å². The highest BCUT2D eigenvalue weighted by Gasteiger charge is 2.19. The molecule has 0 amide bonds. The van der Waals surface area contributed by atoms with Gasteiger partial charge in [0.15, 0.2) is 5.78 Å². The van der Waals surface area contributed by atoms with Crippen molar-refractivity contribution < 1.29 is 4.79 Å². The minimum atomic E-state index is 0.201. The molecule has 164 valence electrons. The standard InChI is InChI=1S/C29H32N2O/c32-27(20-17-24-11-10-21-30-23-24)14-4-2-1-3-9-22-31-28-15-7-5-12-25(28)18-19-26-13-6-8-16-29(26)31/h5-8,10-13,15-17,20-21,23H,1-4,9,14,18-19,22H2/b20-17+. The molecule has 4 rings (SSSR count). The number of hydrogen-bond donors (Lipinski definition) is 0. The molecule has 1 aliphatic rings. The van der Waals surface area contributed by atoms with Gasteiger partial charge in [-0.1, -0.05) is 61.7 Å². The molecule has 3 nitrogen and oxygen atoms in total. The van der Waals surface area contributed by atoms with Crippen molar-refractivity contribution in [3.05, 3.63) is 95.8 Å². The highest BCUT2D eigenvalue weighted by atomic mass is 16.1. The number of carbonyl (C=O) groups is 1. The van der Waals surface area contributed by atoms with Crippen LogP contribution in [-0.2, 0) is 17.6 Å². The number of anilines is 2. The maximum Gasteiger partial charge on any atom is 0.155 e. The van der Waals surface area contributed by atoms with E-state index in [4.69, 9.17) is 0 Å². The summed E-state index contributed by atoms with van der Waals surface area (Å²) < 4.78 is 0. The van der Waals surface area contributed by atoms with Gasteiger partial charge in [-0.05, 0) is 72.7 Å². The normalized spacial score (nSPS) is 12.9. The maximum absolute atomic E-state index is 12.1. The summed E-state index contributed by atoms with van der Waals surface area (Å²) in [5, 5.41) is 0. The van der Waals surface area contributed by atoms with Crippen LogP contribution in [-0.4, -0.2) is 17.3 Å². The predicted molar refractivity (Wildman–Crippen MR) is 133 cm³/mol. The molecule has 0 saturated heterocycles. The number of para-hydroxylation sites is 2. The quantitative estimate of drug-likeness (QED) is 0.261. The van der Waals surface area contributed by atoms with E-state index in [1.54, 1.807) is 18.5 Å². The molecule has 0 spiro atoms. The lowest BCUT2D eigenvalue weighted by molar-refractivity contribution is -0.114. The number of unbranched alkanes of at least 4 members (excludes halogenated alkanes) is 4. The van der Waals surface area contributed by atoms with Crippen LogP contribution < -0.4 is 4.90 Å². The zero-order chi connectivity index (χ0) is 22.0. The van der Waals surface area contributed by atoms with Crippen molar-refractivity contribution in [2.24, 2.45) is 0 Å². The molecule has 1 aliphatic heterocycles. The second-order valence-corrected chi connectivity index (χ2v) is 8.51. The second kappa shape index (κ2) is 11.4. The third-order valence-corrected chi connectivity index (χ3v) is 6.18. The Morgan fingerprint density at radius 3 is 2.16 bits per heavy atom. The van der Waals surface area contributed by atoms with Crippen LogP contribution in [0.25, 0.3) is 6.08 Å². The topological polar surface area (TPSA) is 33.2 Å². The number of benzene rings is 2. The van der Waals surface area contributed by atoms with Gasteiger partial charge in [-0.2, -0.15) is 0 Å². The Morgan fingerprint density at radius 1 is 0.812 bits per heavy atom. The third kappa shape index (κ3) is 5.94. The minimum Gasteiger partial charge on any atom is -0.341 e. The molecule has 2 heterocycles. The zero-order valence-corrected chi connectivity index (χ0v) is 18.7. The SMILES string of the molecule is O=C(/C=C/c1cccnc1)CCCCCCCN1c2ccccc2CCc2ccccc21. The fourth-order valence-electron chi connectivity index (χ4n) is 4.46. The summed E-state index contributed by atoms with van der Waals surface area (Å²) in [7, 11) is 0. The second-order valence-electron chi connectivity index (χ2n) is 8.51. The summed E-state index contributed by atoms with van der Waals surface area (Å²) in [5.41, 5.74) is 6.59. The van der Waals surface area contributed by atoms with Crippen molar-refractivity contribution >= 4 is 23.2 Å². The number of nitrogens with zero attached hydrogens (tertiary/aromatic N) is 2. The molecule has 0 radical (unpaired) electrons. The number of aromatic nitrogens is 1. The minimum absolute atomic E-state index is 0.201. The number of ketones is 1. The Hall–Kier alpha value is -3.20. The first-order valence-corrected chi connectivity index (χ1v) is 11.9. The van der Waals surface area contributed by atoms with Gasteiger partial charge in [-0.15, -0.1) is 0 Å². The molecular weight excluding hydrogens is 392 g/mol. The van der Waals surface area contributed by atoms with E-state index in [2.05, 4.69) is 58.4 Å². The molecule has 3 aromatic rings. The van der Waals surface area contributed by atoms with Gasteiger partial charge in [0.05, 0.1) is 0 Å². The van der Waals surface area contributed by atoms with Crippen LogP contribution in [0.3, 0.4) is 0 Å². The van der Waals surface area contributed by atoms with E-state index >= 15 is 0 Å². The number of rotatable bonds is 10. The van der Waals surface area contributed by atoms with Crippen molar-refractivity contribution in [2.45, 2.75) is 51.4 Å². The average Bonchev–Trinajstić information content (AvgIpc) is 3.00. The van der Waals surface area contributed by atoms with Gasteiger partial charge < -0.3 is 4.90 Å². The first-order chi connectivity index (χ1) is 15.8. The molecule has 0 unspecified atom stereocenters. The van der Waals surface area contributed by atoms with Crippen LogP contribution in [0.2, 0.25) is 0 Å². The van der Waals surface area contributed by atoms with Crippen LogP contribution in [0.5, 0.6) is 0 Å². The summed E-state index contributed by atoms with van der Waals surface area (Å²) in [6.07, 6.45) is 15.5. The third-order valence-electron chi connectivity index (χ3n) is 6.18. The molecule has 0 fully saturated rings. The van der Waals surface area contributed by atoms with Gasteiger partial charge >= 0.3 is 0 Å². The van der Waals surface area contributed by atoms with Crippen molar-refractivity contribution in [3.8, 4) is 0 Å². The summed E-state index contributed by atoms with van der Waals surface area (Å²) in [6, 6.07) is 21.5. The Kier molecular flexibility index (Phi) is 7.86. The largest absolute Gasteiger partial charge is 0.341 e. The molecular formula is C29H32N2O. The summed E-state index contributed by atoms with van der Waals surface area (Å²) in [6.45, 7) is 1.04. The van der Waals surface area contributed by atoms with Gasteiger partial charge in [0.2, 0.25) is 0 Å². The molecule has 0 atom stereocenters. The number of fused-ring (bicyclic) bond motifs is 2. The van der Waals surface area contributed by atoms with Gasteiger partial charge in [-0.25, -0.2) is 0 Å². The van der Waals surface area contributed by atoms with E-state index in [1.807, 2.05) is 18.2 Å². The molecule has 2 aromatic carbocycles. The van der Waals surface area contributed by atoms with E-state index in [1.165, 1.54) is 35.3 Å². The van der Waals surface area contributed by atoms with E-state index < -0.39 is 0 Å². The number of allylic oxidation sites excluding steroid dienone is 1. The highest BCUT2D eigenvalue weighted by molar-refractivity contribution is 5.93. The fraction of sp³-hybridized carbons (Fsp3) is 0.310. The average molecular weight is 425 g/mol. The lowest BCUT2D eigenvalue weighted by Crippen LogP contribution is -2.19. The summed E-state index contributed by atoms with van der Waals surface area (Å²) >= 11 is 0. The van der Waals surface area contributed by atoms with Crippen molar-refractivity contribution in [3.63, 3.8) is 0 Å². The van der Waals surface area contributed by atoms with Crippen molar-refractivity contribution in [1.82, 2.24) is 4.98 Å². The predicted octanol–water partition coefficient (Wildman–Crippen LogP) is 6.94. The summed E-state index contributed by atoms with van der Waals surface area (Å²) in [4.78, 5) is 18.6. The molecule has 1 aromatic heterocycles. The van der Waals surface area contributed by atoms with E-state index in [-0.39, 0.29) is 5.78 Å². The van der Waals surface area contributed by atoms with Crippen molar-refractivity contribution in [2.75, 3.05) is 11.4 Å². The Bertz CT molecular complexity index is 994. The zero-order valence-electron chi connectivity index (χ0n) is 18.7. The van der Waals surface area contributed by atoms with Gasteiger partial charge in [0, 0.05) is 36.7 Å². The Balaban J connectivity index is 1.21. The number of pyridine rings is 1. The fourth-order valence-corrected chi connectivity index (χ4v) is 4.46. The molecule has 0 aliphatic carbocycles. The van der Waals surface area contributed by atoms with Crippen LogP contribution in [0.1, 0.15) is 55.2 Å². The van der Waals surface area contributed by atoms with Crippen LogP contribution >= 0.6 is 0 Å². The molecule has 0 saturated carbocycles. The van der Waals surface area contributed by atoms with Gasteiger partial charge in [0.25, 0.3) is 0 Å². The first-order valence-electron chi connectivity index (χ1n) is 11.9. The Labute approximate surface area is 191 Å². The number of carbonyl (C=O) groups excluding carboxylic acids is 1. The van der Waals surface area contributed by atoms with Crippen LogP contribution in [0.15, 0.2) is 79.1 Å². The molecule has 32 heavy (non-hydrogen) atoms. The maximum atomic E-state index is 12.1. The number of aryl methyl sites for hydroxylation is 2. The van der Waals surface area contributed by atoms with E-state index in [9.17, 15) is 4.79 Å². The van der Waals surface area contributed by atoms with E-state index in [0.717, 1.165) is 44.2 Å². The van der Waals surface area contributed by atoms with Crippen molar-refractivity contribution in [1.29, 1.82) is 0 Å². The number of hydrogen-bond acceptors (Lipinski definition) is 3. The smallest absolute Gasteiger partial charge is 0.155 e. The molecule has 0 N–H and O–H groups in total.